The predicted octanol–water partition coefficient (Wildman–Crippen LogP) is 1.93. The number of nitrogens with zero attached hydrogens (tertiary/aromatic N) is 2. The Bertz CT molecular complexity index is 525. The van der Waals surface area contributed by atoms with Crippen molar-refractivity contribution in [3.05, 3.63) is 22.2 Å². The number of anilines is 1. The second kappa shape index (κ2) is 16.8. The zero-order valence-corrected chi connectivity index (χ0v) is 15.1. The third-order valence-electron chi connectivity index (χ3n) is 1.77. The Kier molecular flexibility index (Phi) is 18.8. The topological polar surface area (TPSA) is 90.0 Å². The number of aryl methyl sites for hydroxylation is 1. The van der Waals surface area contributed by atoms with Crippen LogP contribution in [-0.2, 0) is 11.8 Å². The van der Waals surface area contributed by atoms with Gasteiger partial charge in [-0.15, -0.1) is 0 Å². The minimum absolute atomic E-state index is 0.0958. The van der Waals surface area contributed by atoms with E-state index in [1.807, 2.05) is 41.5 Å². The summed E-state index contributed by atoms with van der Waals surface area (Å²) in [5.74, 6) is 5.37. The van der Waals surface area contributed by atoms with E-state index in [0.29, 0.717) is 5.56 Å². The van der Waals surface area contributed by atoms with Crippen LogP contribution in [-0.4, -0.2) is 22.0 Å². The molecule has 0 aliphatic rings. The smallest absolute Gasteiger partial charge is 0.349 e. The van der Waals surface area contributed by atoms with Crippen molar-refractivity contribution in [1.29, 1.82) is 0 Å². The fraction of sp³-hybridized carbons (Fsp3) is 0.562. The number of hydrogen-bond donors (Lipinski definition) is 2. The Balaban J connectivity index is -0.000000535. The third kappa shape index (κ3) is 11.5. The van der Waals surface area contributed by atoms with Crippen LogP contribution < -0.4 is 16.7 Å². The highest BCUT2D eigenvalue weighted by molar-refractivity contribution is 5.73. The monoisotopic (exact) mass is 310 g/mol. The van der Waals surface area contributed by atoms with E-state index in [-0.39, 0.29) is 18.3 Å². The molecule has 1 amide bonds. The zero-order chi connectivity index (χ0) is 18.1. The molecule has 0 aromatic carbocycles. The molecule has 22 heavy (non-hydrogen) atoms. The van der Waals surface area contributed by atoms with Crippen LogP contribution in [0.15, 0.2) is 11.0 Å². The minimum atomic E-state index is -0.426. The van der Waals surface area contributed by atoms with Crippen molar-refractivity contribution in [2.45, 2.75) is 48.5 Å². The Morgan fingerprint density at radius 3 is 2.23 bits per heavy atom. The maximum Gasteiger partial charge on any atom is 0.349 e. The van der Waals surface area contributed by atoms with E-state index in [9.17, 15) is 9.59 Å². The lowest BCUT2D eigenvalue weighted by molar-refractivity contribution is -0.118. The van der Waals surface area contributed by atoms with Crippen LogP contribution in [0.4, 0.5) is 5.82 Å². The van der Waals surface area contributed by atoms with Gasteiger partial charge in [-0.2, -0.15) is 4.98 Å². The summed E-state index contributed by atoms with van der Waals surface area (Å²) in [5.41, 5.74) is 5.56. The van der Waals surface area contributed by atoms with Gasteiger partial charge in [0.1, 0.15) is 5.82 Å². The van der Waals surface area contributed by atoms with Gasteiger partial charge in [0.15, 0.2) is 0 Å². The molecule has 0 aliphatic heterocycles. The van der Waals surface area contributed by atoms with Crippen molar-refractivity contribution < 1.29 is 4.79 Å². The molecule has 0 saturated heterocycles. The van der Waals surface area contributed by atoms with Crippen molar-refractivity contribution in [2.24, 2.45) is 7.05 Å². The van der Waals surface area contributed by atoms with Gasteiger partial charge in [0.2, 0.25) is 5.91 Å². The fourth-order valence-corrected chi connectivity index (χ4v) is 0.962. The number of carbonyl (C=O) groups is 1. The average Bonchev–Trinajstić information content (AvgIpc) is 2.54. The lowest BCUT2D eigenvalue weighted by Gasteiger charge is -1.99. The van der Waals surface area contributed by atoms with E-state index in [1.165, 1.54) is 17.7 Å². The van der Waals surface area contributed by atoms with E-state index in [4.69, 9.17) is 5.73 Å². The summed E-state index contributed by atoms with van der Waals surface area (Å²) in [6, 6.07) is 0. The number of nitrogens with two attached hydrogens (primary N) is 1. The van der Waals surface area contributed by atoms with E-state index < -0.39 is 5.69 Å². The number of nitrogens with one attached hydrogen (secondary N) is 1. The van der Waals surface area contributed by atoms with Gasteiger partial charge in [0, 0.05) is 20.2 Å². The summed E-state index contributed by atoms with van der Waals surface area (Å²) in [7, 11) is 1.56. The average molecular weight is 310 g/mol. The Labute approximate surface area is 134 Å². The second-order valence-corrected chi connectivity index (χ2v) is 3.14. The van der Waals surface area contributed by atoms with Gasteiger partial charge in [0.25, 0.3) is 0 Å². The van der Waals surface area contributed by atoms with E-state index in [0.717, 1.165) is 0 Å². The summed E-state index contributed by atoms with van der Waals surface area (Å²) in [4.78, 5) is 25.2. The van der Waals surface area contributed by atoms with E-state index >= 15 is 0 Å². The molecule has 0 saturated carbocycles. The lowest BCUT2D eigenvalue weighted by Crippen LogP contribution is -2.22. The van der Waals surface area contributed by atoms with Crippen LogP contribution in [0.1, 0.15) is 54.0 Å². The van der Waals surface area contributed by atoms with E-state index in [1.54, 1.807) is 7.05 Å². The summed E-state index contributed by atoms with van der Waals surface area (Å²) in [5, 5.41) is 2.52. The summed E-state index contributed by atoms with van der Waals surface area (Å²) < 4.78 is 1.29. The highest BCUT2D eigenvalue weighted by atomic mass is 16.1. The minimum Gasteiger partial charge on any atom is -0.382 e. The number of aromatic nitrogens is 2. The molecule has 0 bridgehead atoms. The quantitative estimate of drug-likeness (QED) is 0.776. The molecule has 126 valence electrons. The Morgan fingerprint density at radius 2 is 1.77 bits per heavy atom. The van der Waals surface area contributed by atoms with Gasteiger partial charge in [-0.1, -0.05) is 53.4 Å². The SMILES string of the molecule is CC.CC.CC.CC(=O)NCC#Cc1cn(C)c(=O)nc1N. The molecule has 6 nitrogen and oxygen atoms in total. The largest absolute Gasteiger partial charge is 0.382 e. The first-order chi connectivity index (χ1) is 10.5. The number of carbonyl (C=O) groups excluding carboxylic acids is 1. The predicted molar refractivity (Wildman–Crippen MR) is 93.5 cm³/mol. The van der Waals surface area contributed by atoms with Crippen LogP contribution in [0.5, 0.6) is 0 Å². The summed E-state index contributed by atoms with van der Waals surface area (Å²) >= 11 is 0. The Hall–Kier alpha value is -2.29. The summed E-state index contributed by atoms with van der Waals surface area (Å²) in [6.07, 6.45) is 1.51. The molecule has 1 heterocycles. The fourth-order valence-electron chi connectivity index (χ4n) is 0.962. The molecule has 3 N–H and O–H groups in total. The van der Waals surface area contributed by atoms with Crippen molar-refractivity contribution >= 4 is 11.7 Å². The van der Waals surface area contributed by atoms with Gasteiger partial charge >= 0.3 is 5.69 Å². The lowest BCUT2D eigenvalue weighted by atomic mass is 10.3. The van der Waals surface area contributed by atoms with Crippen molar-refractivity contribution in [3.8, 4) is 11.8 Å². The highest BCUT2D eigenvalue weighted by Crippen LogP contribution is 2.00. The molecule has 0 spiro atoms. The van der Waals surface area contributed by atoms with Gasteiger partial charge in [0.05, 0.1) is 12.1 Å². The van der Waals surface area contributed by atoms with Crippen molar-refractivity contribution in [1.82, 2.24) is 14.9 Å². The Morgan fingerprint density at radius 1 is 1.27 bits per heavy atom. The molecule has 1 aromatic rings. The van der Waals surface area contributed by atoms with Crippen molar-refractivity contribution in [3.63, 3.8) is 0 Å². The molecule has 0 unspecified atom stereocenters. The normalized spacial score (nSPS) is 7.45. The molecular weight excluding hydrogens is 280 g/mol. The first-order valence-electron chi connectivity index (χ1n) is 7.57. The molecule has 0 atom stereocenters. The van der Waals surface area contributed by atoms with Gasteiger partial charge in [-0.25, -0.2) is 4.79 Å². The first-order valence-corrected chi connectivity index (χ1v) is 7.57. The summed E-state index contributed by atoms with van der Waals surface area (Å²) in [6.45, 7) is 13.6. The highest BCUT2D eigenvalue weighted by Gasteiger charge is 1.99. The molecule has 1 rings (SSSR count). The van der Waals surface area contributed by atoms with Gasteiger partial charge in [-0.3, -0.25) is 4.79 Å². The molecular formula is C16H30N4O2. The number of nitrogen functional groups attached to an aromatic ring is 1. The number of hydrogen-bond acceptors (Lipinski definition) is 4. The number of amides is 1. The van der Waals surface area contributed by atoms with Crippen LogP contribution in [0.3, 0.4) is 0 Å². The van der Waals surface area contributed by atoms with Crippen LogP contribution in [0.2, 0.25) is 0 Å². The molecule has 0 aliphatic carbocycles. The van der Waals surface area contributed by atoms with Crippen LogP contribution in [0.25, 0.3) is 0 Å². The maximum atomic E-state index is 11.1. The van der Waals surface area contributed by atoms with Crippen molar-refractivity contribution in [2.75, 3.05) is 12.3 Å². The molecule has 0 radical (unpaired) electrons. The molecule has 1 aromatic heterocycles. The van der Waals surface area contributed by atoms with Crippen LogP contribution >= 0.6 is 0 Å². The van der Waals surface area contributed by atoms with Gasteiger partial charge < -0.3 is 15.6 Å². The standard InChI is InChI=1S/C10H12N4O2.3C2H6/c1-7(15)12-5-3-4-8-6-14(2)10(16)13-9(8)11;3*1-2/h6H,5H2,1-2H3,(H,12,15)(H2,11,13,16);3*1-2H3. The van der Waals surface area contributed by atoms with E-state index in [2.05, 4.69) is 22.1 Å². The maximum absolute atomic E-state index is 11.1. The first kappa shape index (κ1) is 24.7. The third-order valence-corrected chi connectivity index (χ3v) is 1.77. The van der Waals surface area contributed by atoms with Gasteiger partial charge in [-0.05, 0) is 0 Å². The molecule has 6 heteroatoms. The van der Waals surface area contributed by atoms with Crippen LogP contribution in [0, 0.1) is 11.8 Å². The number of rotatable bonds is 1. The second-order valence-electron chi connectivity index (χ2n) is 3.14. The molecule has 0 fully saturated rings. The zero-order valence-electron chi connectivity index (χ0n) is 15.1.